The highest BCUT2D eigenvalue weighted by molar-refractivity contribution is 5.85. The summed E-state index contributed by atoms with van der Waals surface area (Å²) in [7, 11) is 1.64. The predicted molar refractivity (Wildman–Crippen MR) is 110 cm³/mol. The van der Waals surface area contributed by atoms with Crippen molar-refractivity contribution in [1.29, 1.82) is 0 Å². The van der Waals surface area contributed by atoms with Crippen molar-refractivity contribution >= 4 is 11.9 Å². The fourth-order valence-electron chi connectivity index (χ4n) is 3.46. The maximum Gasteiger partial charge on any atom is 0.242 e. The molecular formula is C21H34N4O2. The van der Waals surface area contributed by atoms with Gasteiger partial charge in [-0.1, -0.05) is 26.0 Å². The van der Waals surface area contributed by atoms with Gasteiger partial charge in [-0.15, -0.1) is 0 Å². The molecule has 0 aromatic heterocycles. The van der Waals surface area contributed by atoms with Gasteiger partial charge in [-0.2, -0.15) is 0 Å². The van der Waals surface area contributed by atoms with Gasteiger partial charge in [0.15, 0.2) is 5.96 Å². The second kappa shape index (κ2) is 10.8. The summed E-state index contributed by atoms with van der Waals surface area (Å²) in [6, 6.07) is 7.69. The van der Waals surface area contributed by atoms with Crippen LogP contribution in [0.5, 0.6) is 5.75 Å². The van der Waals surface area contributed by atoms with Crippen molar-refractivity contribution in [3.63, 3.8) is 0 Å². The average molecular weight is 375 g/mol. The quantitative estimate of drug-likeness (QED) is 0.542. The minimum Gasteiger partial charge on any atom is -0.497 e. The van der Waals surface area contributed by atoms with E-state index in [9.17, 15) is 4.79 Å². The molecule has 1 amide bonds. The van der Waals surface area contributed by atoms with Crippen LogP contribution in [-0.4, -0.2) is 50.1 Å². The van der Waals surface area contributed by atoms with Crippen molar-refractivity contribution in [1.82, 2.24) is 15.5 Å². The topological polar surface area (TPSA) is 66.0 Å². The molecule has 27 heavy (non-hydrogen) atoms. The molecule has 0 radical (unpaired) electrons. The van der Waals surface area contributed by atoms with Gasteiger partial charge in [0.25, 0.3) is 0 Å². The van der Waals surface area contributed by atoms with Gasteiger partial charge in [-0.3, -0.25) is 4.79 Å². The van der Waals surface area contributed by atoms with Crippen LogP contribution in [0.3, 0.4) is 0 Å². The van der Waals surface area contributed by atoms with E-state index in [4.69, 9.17) is 4.74 Å². The molecule has 6 nitrogen and oxygen atoms in total. The molecule has 1 aromatic rings. The van der Waals surface area contributed by atoms with Gasteiger partial charge in [-0.05, 0) is 49.3 Å². The molecule has 2 rings (SSSR count). The lowest BCUT2D eigenvalue weighted by Crippen LogP contribution is -2.41. The summed E-state index contributed by atoms with van der Waals surface area (Å²) in [5.41, 5.74) is 1.04. The second-order valence-corrected chi connectivity index (χ2v) is 7.53. The van der Waals surface area contributed by atoms with E-state index in [1.165, 1.54) is 12.8 Å². The number of hydrogen-bond acceptors (Lipinski definition) is 3. The maximum absolute atomic E-state index is 12.2. The number of methoxy groups -OCH3 is 1. The number of carbonyl (C=O) groups is 1. The molecule has 1 unspecified atom stereocenters. The molecule has 1 aliphatic rings. The molecular weight excluding hydrogens is 340 g/mol. The van der Waals surface area contributed by atoms with Crippen LogP contribution < -0.4 is 15.4 Å². The molecule has 0 spiro atoms. The third kappa shape index (κ3) is 7.12. The van der Waals surface area contributed by atoms with E-state index < -0.39 is 0 Å². The van der Waals surface area contributed by atoms with Crippen molar-refractivity contribution in [2.45, 2.75) is 40.2 Å². The third-order valence-corrected chi connectivity index (χ3v) is 4.75. The van der Waals surface area contributed by atoms with Crippen LogP contribution >= 0.6 is 0 Å². The Kier molecular flexibility index (Phi) is 8.43. The molecule has 1 saturated heterocycles. The molecule has 1 atom stereocenters. The summed E-state index contributed by atoms with van der Waals surface area (Å²) >= 11 is 0. The van der Waals surface area contributed by atoms with Gasteiger partial charge in [0.1, 0.15) is 12.3 Å². The summed E-state index contributed by atoms with van der Waals surface area (Å²) in [6.45, 7) is 10.1. The monoisotopic (exact) mass is 374 g/mol. The zero-order valence-electron chi connectivity index (χ0n) is 17.1. The van der Waals surface area contributed by atoms with Crippen molar-refractivity contribution in [2.75, 3.05) is 33.3 Å². The lowest BCUT2D eigenvalue weighted by molar-refractivity contribution is -0.119. The van der Waals surface area contributed by atoms with Crippen LogP contribution in [0.4, 0.5) is 0 Å². The summed E-state index contributed by atoms with van der Waals surface area (Å²) in [6.07, 6.45) is 2.45. The summed E-state index contributed by atoms with van der Waals surface area (Å²) < 4.78 is 5.14. The molecule has 0 saturated carbocycles. The lowest BCUT2D eigenvalue weighted by Gasteiger charge is -2.22. The van der Waals surface area contributed by atoms with Gasteiger partial charge >= 0.3 is 0 Å². The van der Waals surface area contributed by atoms with E-state index in [2.05, 4.69) is 41.3 Å². The molecule has 1 aromatic carbocycles. The van der Waals surface area contributed by atoms with Gasteiger partial charge in [0.2, 0.25) is 5.91 Å². The Morgan fingerprint density at radius 1 is 1.30 bits per heavy atom. The summed E-state index contributed by atoms with van der Waals surface area (Å²) in [5, 5.41) is 6.25. The Bertz CT molecular complexity index is 613. The van der Waals surface area contributed by atoms with Gasteiger partial charge in [0.05, 0.1) is 7.11 Å². The number of nitrogens with zero attached hydrogens (tertiary/aromatic N) is 2. The van der Waals surface area contributed by atoms with E-state index >= 15 is 0 Å². The maximum atomic E-state index is 12.2. The van der Waals surface area contributed by atoms with E-state index in [0.717, 1.165) is 48.7 Å². The van der Waals surface area contributed by atoms with Crippen molar-refractivity contribution in [3.8, 4) is 5.75 Å². The highest BCUT2D eigenvalue weighted by atomic mass is 16.5. The van der Waals surface area contributed by atoms with E-state index in [-0.39, 0.29) is 12.5 Å². The highest BCUT2D eigenvalue weighted by Gasteiger charge is 2.25. The second-order valence-electron chi connectivity index (χ2n) is 7.53. The first kappa shape index (κ1) is 21.1. The molecule has 150 valence electrons. The van der Waals surface area contributed by atoms with Crippen LogP contribution in [0.2, 0.25) is 0 Å². The third-order valence-electron chi connectivity index (χ3n) is 4.75. The van der Waals surface area contributed by atoms with E-state index in [1.54, 1.807) is 7.11 Å². The highest BCUT2D eigenvalue weighted by Crippen LogP contribution is 2.23. The van der Waals surface area contributed by atoms with Crippen LogP contribution in [0.15, 0.2) is 29.3 Å². The van der Waals surface area contributed by atoms with Gasteiger partial charge in [0, 0.05) is 26.2 Å². The van der Waals surface area contributed by atoms with Gasteiger partial charge < -0.3 is 20.3 Å². The van der Waals surface area contributed by atoms with Crippen molar-refractivity contribution in [2.24, 2.45) is 16.8 Å². The molecule has 1 fully saturated rings. The average Bonchev–Trinajstić information content (AvgIpc) is 3.11. The Labute approximate surface area is 163 Å². The van der Waals surface area contributed by atoms with Crippen molar-refractivity contribution in [3.05, 3.63) is 29.8 Å². The molecule has 0 aliphatic carbocycles. The number of carbonyl (C=O) groups excluding carboxylic acids is 1. The number of benzene rings is 1. The van der Waals surface area contributed by atoms with E-state index in [1.807, 2.05) is 24.3 Å². The molecule has 1 aliphatic heterocycles. The molecule has 0 bridgehead atoms. The number of nitrogens with one attached hydrogen (secondary N) is 2. The number of ether oxygens (including phenoxy) is 1. The normalized spacial score (nSPS) is 17.3. The zero-order valence-corrected chi connectivity index (χ0v) is 17.1. The minimum atomic E-state index is -0.0702. The minimum absolute atomic E-state index is 0.0702. The molecule has 1 heterocycles. The number of hydrogen-bond donors (Lipinski definition) is 2. The van der Waals surface area contributed by atoms with Crippen molar-refractivity contribution < 1.29 is 9.53 Å². The number of guanidine groups is 1. The van der Waals surface area contributed by atoms with E-state index in [0.29, 0.717) is 6.54 Å². The largest absolute Gasteiger partial charge is 0.497 e. The first-order chi connectivity index (χ1) is 13.0. The lowest BCUT2D eigenvalue weighted by atomic mass is 9.97. The standard InChI is InChI=1S/C21H34N4O2/c1-5-22-21(25-11-10-18(15-25)12-16(2)3)24-14-20(26)23-13-17-6-8-19(27-4)9-7-17/h6-9,16,18H,5,10-15H2,1-4H3,(H,22,24)(H,23,26). The Morgan fingerprint density at radius 3 is 2.67 bits per heavy atom. The number of aliphatic imine (C=N–C) groups is 1. The Morgan fingerprint density at radius 2 is 2.04 bits per heavy atom. The Balaban J connectivity index is 1.83. The number of amides is 1. The molecule has 2 N–H and O–H groups in total. The predicted octanol–water partition coefficient (Wildman–Crippen LogP) is 2.64. The van der Waals surface area contributed by atoms with Crippen LogP contribution in [0, 0.1) is 11.8 Å². The smallest absolute Gasteiger partial charge is 0.242 e. The SMILES string of the molecule is CCNC(=NCC(=O)NCc1ccc(OC)cc1)N1CCC(CC(C)C)C1. The zero-order chi connectivity index (χ0) is 19.6. The van der Waals surface area contributed by atoms with Gasteiger partial charge in [-0.25, -0.2) is 4.99 Å². The Hall–Kier alpha value is -2.24. The number of rotatable bonds is 8. The van der Waals surface area contributed by atoms with Crippen LogP contribution in [-0.2, 0) is 11.3 Å². The fourth-order valence-corrected chi connectivity index (χ4v) is 3.46. The molecule has 6 heteroatoms. The summed E-state index contributed by atoms with van der Waals surface area (Å²) in [4.78, 5) is 19.0. The van der Waals surface area contributed by atoms with Crippen LogP contribution in [0.1, 0.15) is 39.2 Å². The number of likely N-dealkylation sites (tertiary alicyclic amines) is 1. The summed E-state index contributed by atoms with van der Waals surface area (Å²) in [5.74, 6) is 3.03. The first-order valence-electron chi connectivity index (χ1n) is 9.94. The van der Waals surface area contributed by atoms with Crippen LogP contribution in [0.25, 0.3) is 0 Å². The first-order valence-corrected chi connectivity index (χ1v) is 9.94. The fraction of sp³-hybridized carbons (Fsp3) is 0.619.